The summed E-state index contributed by atoms with van der Waals surface area (Å²) in [7, 11) is 0. The first-order valence-corrected chi connectivity index (χ1v) is 8.55. The number of nitrogens with one attached hydrogen (secondary N) is 1. The fourth-order valence-electron chi connectivity index (χ4n) is 2.94. The SMILES string of the molecule is NC(=O)N(c1ccc(Br)cc1-c1nnn[nH]1)c1cccc2ccccc12. The van der Waals surface area contributed by atoms with E-state index in [1.807, 2.05) is 54.6 Å². The highest BCUT2D eigenvalue weighted by Gasteiger charge is 2.22. The molecule has 0 radical (unpaired) electrons. The fraction of sp³-hybridized carbons (Fsp3) is 0. The number of aromatic nitrogens is 4. The molecule has 1 aromatic heterocycles. The van der Waals surface area contributed by atoms with Crippen molar-refractivity contribution < 1.29 is 4.79 Å². The summed E-state index contributed by atoms with van der Waals surface area (Å²) in [5.74, 6) is 0.438. The maximum atomic E-state index is 12.4. The molecule has 0 aliphatic heterocycles. The van der Waals surface area contributed by atoms with Gasteiger partial charge in [0.1, 0.15) is 0 Å². The summed E-state index contributed by atoms with van der Waals surface area (Å²) in [6.45, 7) is 0. The Morgan fingerprint density at radius 2 is 1.85 bits per heavy atom. The van der Waals surface area contributed by atoms with Gasteiger partial charge in [0.2, 0.25) is 0 Å². The van der Waals surface area contributed by atoms with Crippen LogP contribution in [0.4, 0.5) is 16.2 Å². The standard InChI is InChI=1S/C18H13BrN6O/c19-12-8-9-16(14(10-12)17-21-23-24-22-17)25(18(20)26)15-7-3-5-11-4-1-2-6-13(11)15/h1-10H,(H2,20,26)(H,21,22,23,24). The molecular weight excluding hydrogens is 396 g/mol. The van der Waals surface area contributed by atoms with E-state index in [-0.39, 0.29) is 0 Å². The number of primary amides is 1. The predicted octanol–water partition coefficient (Wildman–Crippen LogP) is 4.00. The zero-order valence-corrected chi connectivity index (χ0v) is 15.0. The van der Waals surface area contributed by atoms with Gasteiger partial charge in [-0.3, -0.25) is 4.90 Å². The minimum atomic E-state index is -0.600. The van der Waals surface area contributed by atoms with E-state index >= 15 is 0 Å². The van der Waals surface area contributed by atoms with E-state index in [9.17, 15) is 4.79 Å². The van der Waals surface area contributed by atoms with E-state index in [2.05, 4.69) is 36.6 Å². The van der Waals surface area contributed by atoms with Crippen molar-refractivity contribution in [3.05, 3.63) is 65.1 Å². The lowest BCUT2D eigenvalue weighted by Crippen LogP contribution is -2.32. The van der Waals surface area contributed by atoms with Crippen LogP contribution in [0.5, 0.6) is 0 Å². The number of aromatic amines is 1. The monoisotopic (exact) mass is 408 g/mol. The summed E-state index contributed by atoms with van der Waals surface area (Å²) in [5.41, 5.74) is 7.68. The van der Waals surface area contributed by atoms with Crippen molar-refractivity contribution in [1.29, 1.82) is 0 Å². The second-order valence-corrected chi connectivity index (χ2v) is 6.50. The van der Waals surface area contributed by atoms with Gasteiger partial charge in [-0.05, 0) is 40.1 Å². The van der Waals surface area contributed by atoms with Gasteiger partial charge in [-0.15, -0.1) is 5.10 Å². The number of nitrogens with zero attached hydrogens (tertiary/aromatic N) is 4. The molecule has 0 aliphatic rings. The molecule has 26 heavy (non-hydrogen) atoms. The highest BCUT2D eigenvalue weighted by Crippen LogP contribution is 2.38. The van der Waals surface area contributed by atoms with E-state index < -0.39 is 6.03 Å². The first-order valence-electron chi connectivity index (χ1n) is 7.76. The summed E-state index contributed by atoms with van der Waals surface area (Å²) >= 11 is 3.45. The Kier molecular flexibility index (Phi) is 4.10. The van der Waals surface area contributed by atoms with Gasteiger partial charge in [0.05, 0.1) is 11.4 Å². The van der Waals surface area contributed by atoms with E-state index in [1.54, 1.807) is 6.07 Å². The molecule has 0 atom stereocenters. The number of halogens is 1. The number of carbonyl (C=O) groups is 1. The zero-order valence-electron chi connectivity index (χ0n) is 13.4. The molecule has 3 N–H and O–H groups in total. The molecule has 0 unspecified atom stereocenters. The second kappa shape index (κ2) is 6.57. The molecular formula is C18H13BrN6O. The first kappa shape index (κ1) is 16.2. The summed E-state index contributed by atoms with van der Waals surface area (Å²) in [4.78, 5) is 13.9. The predicted molar refractivity (Wildman–Crippen MR) is 103 cm³/mol. The number of H-pyrrole nitrogens is 1. The maximum Gasteiger partial charge on any atom is 0.323 e. The molecule has 2 amide bonds. The highest BCUT2D eigenvalue weighted by molar-refractivity contribution is 9.10. The van der Waals surface area contributed by atoms with Crippen LogP contribution in [0.15, 0.2) is 65.1 Å². The Balaban J connectivity index is 1.98. The van der Waals surface area contributed by atoms with Gasteiger partial charge in [0, 0.05) is 15.4 Å². The fourth-order valence-corrected chi connectivity index (χ4v) is 3.30. The third-order valence-corrected chi connectivity index (χ3v) is 4.52. The molecule has 4 aromatic rings. The number of benzene rings is 3. The second-order valence-electron chi connectivity index (χ2n) is 5.58. The van der Waals surface area contributed by atoms with Crippen LogP contribution in [-0.4, -0.2) is 26.7 Å². The van der Waals surface area contributed by atoms with Crippen molar-refractivity contribution in [3.8, 4) is 11.4 Å². The topological polar surface area (TPSA) is 101 Å². The lowest BCUT2D eigenvalue weighted by atomic mass is 10.1. The van der Waals surface area contributed by atoms with Crippen molar-refractivity contribution in [3.63, 3.8) is 0 Å². The smallest absolute Gasteiger partial charge is 0.323 e. The lowest BCUT2D eigenvalue weighted by molar-refractivity contribution is 0.256. The minimum absolute atomic E-state index is 0.438. The van der Waals surface area contributed by atoms with E-state index in [1.165, 1.54) is 4.90 Å². The van der Waals surface area contributed by atoms with Gasteiger partial charge in [-0.25, -0.2) is 9.89 Å². The Labute approximate surface area is 156 Å². The van der Waals surface area contributed by atoms with Crippen molar-refractivity contribution in [2.45, 2.75) is 0 Å². The van der Waals surface area contributed by atoms with E-state index in [0.717, 1.165) is 15.2 Å². The zero-order chi connectivity index (χ0) is 18.1. The molecule has 4 rings (SSSR count). The Morgan fingerprint density at radius 1 is 1.04 bits per heavy atom. The number of nitrogens with two attached hydrogens (primary N) is 1. The summed E-state index contributed by atoms with van der Waals surface area (Å²) in [6, 6.07) is 18.4. The van der Waals surface area contributed by atoms with Crippen molar-refractivity contribution >= 4 is 44.1 Å². The molecule has 0 fully saturated rings. The van der Waals surface area contributed by atoms with Gasteiger partial charge in [0.15, 0.2) is 5.82 Å². The van der Waals surface area contributed by atoms with Gasteiger partial charge in [0.25, 0.3) is 0 Å². The number of hydrogen-bond donors (Lipinski definition) is 2. The summed E-state index contributed by atoms with van der Waals surface area (Å²) in [5, 5.41) is 15.9. The number of amides is 2. The van der Waals surface area contributed by atoms with Crippen molar-refractivity contribution in [1.82, 2.24) is 20.6 Å². The normalized spacial score (nSPS) is 10.8. The van der Waals surface area contributed by atoms with Crippen LogP contribution in [0.1, 0.15) is 0 Å². The Bertz CT molecular complexity index is 1090. The molecule has 1 heterocycles. The van der Waals surface area contributed by atoms with E-state index in [4.69, 9.17) is 5.73 Å². The largest absolute Gasteiger partial charge is 0.351 e. The van der Waals surface area contributed by atoms with Gasteiger partial charge >= 0.3 is 6.03 Å². The van der Waals surface area contributed by atoms with Gasteiger partial charge < -0.3 is 5.73 Å². The summed E-state index contributed by atoms with van der Waals surface area (Å²) < 4.78 is 0.829. The minimum Gasteiger partial charge on any atom is -0.351 e. The maximum absolute atomic E-state index is 12.4. The molecule has 0 bridgehead atoms. The van der Waals surface area contributed by atoms with Crippen LogP contribution in [0.25, 0.3) is 22.2 Å². The molecule has 0 aliphatic carbocycles. The van der Waals surface area contributed by atoms with Gasteiger partial charge in [-0.1, -0.05) is 52.3 Å². The molecule has 8 heteroatoms. The number of carbonyl (C=O) groups excluding carboxylic acids is 1. The molecule has 7 nitrogen and oxygen atoms in total. The molecule has 0 saturated carbocycles. The average molecular weight is 409 g/mol. The highest BCUT2D eigenvalue weighted by atomic mass is 79.9. The Morgan fingerprint density at radius 3 is 2.62 bits per heavy atom. The number of fused-ring (bicyclic) bond motifs is 1. The van der Waals surface area contributed by atoms with Crippen LogP contribution >= 0.6 is 15.9 Å². The number of tetrazole rings is 1. The van der Waals surface area contributed by atoms with Crippen LogP contribution in [0, 0.1) is 0 Å². The quantitative estimate of drug-likeness (QED) is 0.534. The summed E-state index contributed by atoms with van der Waals surface area (Å²) in [6.07, 6.45) is 0. The third-order valence-electron chi connectivity index (χ3n) is 4.03. The van der Waals surface area contributed by atoms with Crippen LogP contribution < -0.4 is 10.6 Å². The van der Waals surface area contributed by atoms with Gasteiger partial charge in [-0.2, -0.15) is 0 Å². The molecule has 0 spiro atoms. The molecule has 128 valence electrons. The number of urea groups is 1. The number of rotatable bonds is 3. The molecule has 0 saturated heterocycles. The van der Waals surface area contributed by atoms with Crippen molar-refractivity contribution in [2.75, 3.05) is 4.90 Å². The van der Waals surface area contributed by atoms with Crippen LogP contribution in [-0.2, 0) is 0 Å². The number of anilines is 2. The first-order chi connectivity index (χ1) is 12.6. The lowest BCUT2D eigenvalue weighted by Gasteiger charge is -2.24. The third kappa shape index (κ3) is 2.80. The Hall–Kier alpha value is -3.26. The van der Waals surface area contributed by atoms with E-state index in [0.29, 0.717) is 22.8 Å². The average Bonchev–Trinajstić information content (AvgIpc) is 3.17. The van der Waals surface area contributed by atoms with Crippen molar-refractivity contribution in [2.24, 2.45) is 5.73 Å². The molecule has 3 aromatic carbocycles. The number of hydrogen-bond acceptors (Lipinski definition) is 4. The van der Waals surface area contributed by atoms with Crippen LogP contribution in [0.2, 0.25) is 0 Å². The van der Waals surface area contributed by atoms with Crippen LogP contribution in [0.3, 0.4) is 0 Å².